The van der Waals surface area contributed by atoms with Crippen LogP contribution in [0.4, 0.5) is 0 Å². The first-order valence-corrected chi connectivity index (χ1v) is 6.91. The summed E-state index contributed by atoms with van der Waals surface area (Å²) >= 11 is 0. The third kappa shape index (κ3) is 2.59. The molecule has 4 heteroatoms. The van der Waals surface area contributed by atoms with Crippen LogP contribution < -0.4 is 5.73 Å². The number of hydrogen-bond donors (Lipinski definition) is 1. The van der Waals surface area contributed by atoms with Crippen molar-refractivity contribution in [3.8, 4) is 0 Å². The van der Waals surface area contributed by atoms with Gasteiger partial charge in [-0.3, -0.25) is 4.79 Å². The molecular formula is C14H24N2O2. The topological polar surface area (TPSA) is 55.6 Å². The molecule has 2 aliphatic rings. The number of nitrogens with two attached hydrogens (primary N) is 1. The van der Waals surface area contributed by atoms with Crippen molar-refractivity contribution in [3.63, 3.8) is 0 Å². The molecule has 2 heterocycles. The van der Waals surface area contributed by atoms with Gasteiger partial charge in [-0.1, -0.05) is 6.08 Å². The van der Waals surface area contributed by atoms with Gasteiger partial charge < -0.3 is 15.4 Å². The van der Waals surface area contributed by atoms with Gasteiger partial charge in [-0.2, -0.15) is 0 Å². The minimum absolute atomic E-state index is 0.246. The zero-order chi connectivity index (χ0) is 13.0. The SMILES string of the molecule is C=CC1CCN(C(=O)C2(CN)CCOCC2)CC1. The van der Waals surface area contributed by atoms with Crippen molar-refractivity contribution in [1.29, 1.82) is 0 Å². The van der Waals surface area contributed by atoms with Gasteiger partial charge >= 0.3 is 0 Å². The van der Waals surface area contributed by atoms with Crippen LogP contribution in [0.1, 0.15) is 25.7 Å². The van der Waals surface area contributed by atoms with E-state index >= 15 is 0 Å². The third-order valence-corrected chi connectivity index (χ3v) is 4.45. The molecule has 2 aliphatic heterocycles. The lowest BCUT2D eigenvalue weighted by Crippen LogP contribution is -2.52. The monoisotopic (exact) mass is 252 g/mol. The lowest BCUT2D eigenvalue weighted by molar-refractivity contribution is -0.148. The van der Waals surface area contributed by atoms with Crippen LogP contribution >= 0.6 is 0 Å². The third-order valence-electron chi connectivity index (χ3n) is 4.45. The fraction of sp³-hybridized carbons (Fsp3) is 0.786. The summed E-state index contributed by atoms with van der Waals surface area (Å²) in [5.41, 5.74) is 5.52. The van der Waals surface area contributed by atoms with Gasteiger partial charge in [0.2, 0.25) is 5.91 Å². The van der Waals surface area contributed by atoms with Crippen LogP contribution in [0, 0.1) is 11.3 Å². The van der Waals surface area contributed by atoms with Crippen molar-refractivity contribution in [3.05, 3.63) is 12.7 Å². The molecule has 0 saturated carbocycles. The van der Waals surface area contributed by atoms with E-state index in [1.54, 1.807) is 0 Å². The maximum atomic E-state index is 12.7. The molecule has 0 spiro atoms. The highest BCUT2D eigenvalue weighted by Crippen LogP contribution is 2.33. The molecule has 2 fully saturated rings. The lowest BCUT2D eigenvalue weighted by atomic mass is 9.78. The van der Waals surface area contributed by atoms with Gasteiger partial charge in [-0.25, -0.2) is 0 Å². The van der Waals surface area contributed by atoms with Crippen LogP contribution in [0.25, 0.3) is 0 Å². The van der Waals surface area contributed by atoms with Crippen molar-refractivity contribution in [2.45, 2.75) is 25.7 Å². The van der Waals surface area contributed by atoms with Crippen LogP contribution in [0.15, 0.2) is 12.7 Å². The summed E-state index contributed by atoms with van der Waals surface area (Å²) in [5.74, 6) is 0.813. The Hall–Kier alpha value is -0.870. The number of carbonyl (C=O) groups is 1. The van der Waals surface area contributed by atoms with Gasteiger partial charge in [-0.15, -0.1) is 6.58 Å². The van der Waals surface area contributed by atoms with Crippen LogP contribution in [0.3, 0.4) is 0 Å². The molecule has 0 radical (unpaired) electrons. The zero-order valence-electron chi connectivity index (χ0n) is 11.1. The van der Waals surface area contributed by atoms with Gasteiger partial charge in [-0.05, 0) is 31.6 Å². The van der Waals surface area contributed by atoms with E-state index in [-0.39, 0.29) is 11.3 Å². The maximum absolute atomic E-state index is 12.7. The Morgan fingerprint density at radius 2 is 2.00 bits per heavy atom. The average Bonchev–Trinajstić information content (AvgIpc) is 2.47. The molecule has 0 aromatic carbocycles. The quantitative estimate of drug-likeness (QED) is 0.767. The smallest absolute Gasteiger partial charge is 0.230 e. The molecule has 2 N–H and O–H groups in total. The van der Waals surface area contributed by atoms with E-state index in [9.17, 15) is 4.79 Å². The molecule has 0 unspecified atom stereocenters. The Labute approximate surface area is 109 Å². The van der Waals surface area contributed by atoms with Crippen molar-refractivity contribution < 1.29 is 9.53 Å². The van der Waals surface area contributed by atoms with E-state index in [0.717, 1.165) is 38.8 Å². The summed E-state index contributed by atoms with van der Waals surface area (Å²) < 4.78 is 5.36. The molecule has 18 heavy (non-hydrogen) atoms. The van der Waals surface area contributed by atoms with E-state index in [1.807, 2.05) is 11.0 Å². The minimum atomic E-state index is -0.362. The van der Waals surface area contributed by atoms with Crippen LogP contribution in [-0.2, 0) is 9.53 Å². The lowest BCUT2D eigenvalue weighted by Gasteiger charge is -2.41. The van der Waals surface area contributed by atoms with E-state index in [2.05, 4.69) is 6.58 Å². The molecule has 102 valence electrons. The summed E-state index contributed by atoms with van der Waals surface area (Å²) in [7, 11) is 0. The van der Waals surface area contributed by atoms with Gasteiger partial charge in [0.25, 0.3) is 0 Å². The van der Waals surface area contributed by atoms with Crippen molar-refractivity contribution in [1.82, 2.24) is 4.90 Å². The normalized spacial score (nSPS) is 24.8. The number of ether oxygens (including phenoxy) is 1. The van der Waals surface area contributed by atoms with Gasteiger partial charge in [0.1, 0.15) is 0 Å². The van der Waals surface area contributed by atoms with Crippen LogP contribution in [0.2, 0.25) is 0 Å². The minimum Gasteiger partial charge on any atom is -0.381 e. The summed E-state index contributed by atoms with van der Waals surface area (Å²) in [4.78, 5) is 14.7. The number of piperidine rings is 1. The highest BCUT2D eigenvalue weighted by Gasteiger charge is 2.41. The number of likely N-dealkylation sites (tertiary alicyclic amines) is 1. The number of allylic oxidation sites excluding steroid dienone is 1. The van der Waals surface area contributed by atoms with Gasteiger partial charge in [0.15, 0.2) is 0 Å². The number of nitrogens with zero attached hydrogens (tertiary/aromatic N) is 1. The molecule has 0 bridgehead atoms. The van der Waals surface area contributed by atoms with Crippen LogP contribution in [0.5, 0.6) is 0 Å². The number of rotatable bonds is 3. The van der Waals surface area contributed by atoms with E-state index in [0.29, 0.717) is 25.7 Å². The molecule has 0 atom stereocenters. The van der Waals surface area contributed by atoms with Crippen molar-refractivity contribution in [2.75, 3.05) is 32.8 Å². The fourth-order valence-electron chi connectivity index (χ4n) is 2.94. The first-order chi connectivity index (χ1) is 8.72. The first kappa shape index (κ1) is 13.6. The standard InChI is InChI=1S/C14H24N2O2/c1-2-12-3-7-16(8-4-12)13(17)14(11-15)5-9-18-10-6-14/h2,12H,1,3-11,15H2. The zero-order valence-corrected chi connectivity index (χ0v) is 11.1. The highest BCUT2D eigenvalue weighted by atomic mass is 16.5. The second-order valence-electron chi connectivity index (χ2n) is 5.46. The second kappa shape index (κ2) is 5.85. The van der Waals surface area contributed by atoms with Crippen LogP contribution in [-0.4, -0.2) is 43.7 Å². The van der Waals surface area contributed by atoms with E-state index in [4.69, 9.17) is 10.5 Å². The fourth-order valence-corrected chi connectivity index (χ4v) is 2.94. The molecule has 2 rings (SSSR count). The Kier molecular flexibility index (Phi) is 4.40. The highest BCUT2D eigenvalue weighted by molar-refractivity contribution is 5.83. The molecule has 0 aliphatic carbocycles. The Morgan fingerprint density at radius 1 is 1.39 bits per heavy atom. The van der Waals surface area contributed by atoms with Crippen molar-refractivity contribution in [2.24, 2.45) is 17.1 Å². The number of hydrogen-bond acceptors (Lipinski definition) is 3. The maximum Gasteiger partial charge on any atom is 0.230 e. The summed E-state index contributed by atoms with van der Waals surface area (Å²) in [6.45, 7) is 7.28. The van der Waals surface area contributed by atoms with Gasteiger partial charge in [0.05, 0.1) is 5.41 Å². The largest absolute Gasteiger partial charge is 0.381 e. The predicted molar refractivity (Wildman–Crippen MR) is 71.0 cm³/mol. The Balaban J connectivity index is 1.99. The van der Waals surface area contributed by atoms with E-state index in [1.165, 1.54) is 0 Å². The van der Waals surface area contributed by atoms with Gasteiger partial charge in [0, 0.05) is 32.8 Å². The van der Waals surface area contributed by atoms with Crippen molar-refractivity contribution >= 4 is 5.91 Å². The summed E-state index contributed by atoms with van der Waals surface area (Å²) in [6.07, 6.45) is 5.61. The molecule has 0 aromatic rings. The summed E-state index contributed by atoms with van der Waals surface area (Å²) in [6, 6.07) is 0. The molecule has 2 saturated heterocycles. The number of amides is 1. The predicted octanol–water partition coefficient (Wildman–Crippen LogP) is 1.17. The average molecular weight is 252 g/mol. The Morgan fingerprint density at radius 3 is 2.50 bits per heavy atom. The van der Waals surface area contributed by atoms with E-state index < -0.39 is 0 Å². The number of carbonyl (C=O) groups excluding carboxylic acids is 1. The Bertz CT molecular complexity index is 303. The molecule has 1 amide bonds. The molecular weight excluding hydrogens is 228 g/mol. The summed E-state index contributed by atoms with van der Waals surface area (Å²) in [5, 5.41) is 0. The first-order valence-electron chi connectivity index (χ1n) is 6.91. The molecule has 0 aromatic heterocycles. The molecule has 4 nitrogen and oxygen atoms in total. The second-order valence-corrected chi connectivity index (χ2v) is 5.46.